The minimum atomic E-state index is -0.146. The lowest BCUT2D eigenvalue weighted by atomic mass is 10.0. The number of hydrogen-bond acceptors (Lipinski definition) is 2. The van der Waals surface area contributed by atoms with Crippen LogP contribution >= 0.6 is 0 Å². The minimum Gasteiger partial charge on any atom is -0.371 e. The van der Waals surface area contributed by atoms with E-state index >= 15 is 0 Å². The summed E-state index contributed by atoms with van der Waals surface area (Å²) in [6, 6.07) is 5.22. The molecule has 1 heterocycles. The van der Waals surface area contributed by atoms with Crippen molar-refractivity contribution in [1.29, 1.82) is 0 Å². The molecule has 1 aliphatic heterocycles. The standard InChI is InChI=1S/C18H29FN2/c1-14-6-5-10-21(11-9-14)17-8-7-16(19)12-15(17)13-20-18(2,3)4/h7-8,12,14,20H,5-6,9-11,13H2,1-4H3. The van der Waals surface area contributed by atoms with E-state index in [1.807, 2.05) is 6.07 Å². The van der Waals surface area contributed by atoms with Crippen LogP contribution < -0.4 is 10.2 Å². The summed E-state index contributed by atoms with van der Waals surface area (Å²) in [7, 11) is 0. The first-order chi connectivity index (χ1) is 9.85. The van der Waals surface area contributed by atoms with Crippen molar-refractivity contribution in [2.75, 3.05) is 18.0 Å². The first-order valence-corrected chi connectivity index (χ1v) is 8.13. The quantitative estimate of drug-likeness (QED) is 0.891. The van der Waals surface area contributed by atoms with Gasteiger partial charge in [0.15, 0.2) is 0 Å². The van der Waals surface area contributed by atoms with Crippen molar-refractivity contribution in [2.24, 2.45) is 5.92 Å². The zero-order valence-electron chi connectivity index (χ0n) is 13.9. The molecule has 2 nitrogen and oxygen atoms in total. The first-order valence-electron chi connectivity index (χ1n) is 8.13. The average Bonchev–Trinajstić information content (AvgIpc) is 2.61. The number of rotatable bonds is 3. The highest BCUT2D eigenvalue weighted by Gasteiger charge is 2.18. The third-order valence-electron chi connectivity index (χ3n) is 4.21. The number of halogens is 1. The van der Waals surface area contributed by atoms with Crippen LogP contribution in [0.5, 0.6) is 0 Å². The summed E-state index contributed by atoms with van der Waals surface area (Å²) in [4.78, 5) is 2.43. The maximum Gasteiger partial charge on any atom is 0.123 e. The molecule has 1 aliphatic rings. The fourth-order valence-electron chi connectivity index (χ4n) is 2.87. The molecule has 1 N–H and O–H groups in total. The molecule has 0 radical (unpaired) electrons. The van der Waals surface area contributed by atoms with Gasteiger partial charge in [0.2, 0.25) is 0 Å². The SMILES string of the molecule is CC1CCCN(c2ccc(F)cc2CNC(C)(C)C)CC1. The van der Waals surface area contributed by atoms with Crippen molar-refractivity contribution in [3.63, 3.8) is 0 Å². The van der Waals surface area contributed by atoms with Crippen molar-refractivity contribution in [3.8, 4) is 0 Å². The molecule has 1 saturated heterocycles. The molecule has 0 spiro atoms. The van der Waals surface area contributed by atoms with E-state index in [1.54, 1.807) is 12.1 Å². The van der Waals surface area contributed by atoms with Crippen LogP contribution in [0, 0.1) is 11.7 Å². The second-order valence-electron chi connectivity index (χ2n) is 7.40. The lowest BCUT2D eigenvalue weighted by Gasteiger charge is -2.27. The van der Waals surface area contributed by atoms with Crippen LogP contribution in [-0.2, 0) is 6.54 Å². The van der Waals surface area contributed by atoms with Crippen molar-refractivity contribution in [2.45, 2.75) is 59.0 Å². The maximum absolute atomic E-state index is 13.6. The Labute approximate surface area is 128 Å². The van der Waals surface area contributed by atoms with E-state index in [4.69, 9.17) is 0 Å². The average molecular weight is 292 g/mol. The smallest absolute Gasteiger partial charge is 0.123 e. The molecular weight excluding hydrogens is 263 g/mol. The Balaban J connectivity index is 2.17. The molecule has 0 amide bonds. The Morgan fingerprint density at radius 2 is 2.00 bits per heavy atom. The Morgan fingerprint density at radius 1 is 1.24 bits per heavy atom. The molecule has 3 heteroatoms. The lowest BCUT2D eigenvalue weighted by molar-refractivity contribution is 0.423. The third kappa shape index (κ3) is 4.99. The molecule has 1 fully saturated rings. The van der Waals surface area contributed by atoms with Gasteiger partial charge >= 0.3 is 0 Å². The summed E-state index contributed by atoms with van der Waals surface area (Å²) in [5, 5.41) is 3.48. The van der Waals surface area contributed by atoms with Gasteiger partial charge in [-0.05, 0) is 69.7 Å². The number of nitrogens with one attached hydrogen (secondary N) is 1. The fourth-order valence-corrected chi connectivity index (χ4v) is 2.87. The predicted molar refractivity (Wildman–Crippen MR) is 88.2 cm³/mol. The molecule has 1 aromatic rings. The number of hydrogen-bond donors (Lipinski definition) is 1. The van der Waals surface area contributed by atoms with E-state index in [2.05, 4.69) is 37.9 Å². The number of nitrogens with zero attached hydrogens (tertiary/aromatic N) is 1. The monoisotopic (exact) mass is 292 g/mol. The highest BCUT2D eigenvalue weighted by molar-refractivity contribution is 5.54. The van der Waals surface area contributed by atoms with Gasteiger partial charge < -0.3 is 10.2 Å². The van der Waals surface area contributed by atoms with E-state index in [0.29, 0.717) is 6.54 Å². The molecule has 0 saturated carbocycles. The molecule has 1 unspecified atom stereocenters. The van der Waals surface area contributed by atoms with Gasteiger partial charge in [-0.15, -0.1) is 0 Å². The zero-order chi connectivity index (χ0) is 15.5. The van der Waals surface area contributed by atoms with Crippen LogP contribution in [0.25, 0.3) is 0 Å². The van der Waals surface area contributed by atoms with Gasteiger partial charge in [0.25, 0.3) is 0 Å². The van der Waals surface area contributed by atoms with Crippen LogP contribution in [0.3, 0.4) is 0 Å². The Kier molecular flexibility index (Phi) is 5.26. The van der Waals surface area contributed by atoms with Crippen molar-refractivity contribution in [1.82, 2.24) is 5.32 Å². The maximum atomic E-state index is 13.6. The molecule has 2 rings (SSSR count). The summed E-state index contributed by atoms with van der Waals surface area (Å²) in [6.45, 7) is 11.6. The molecule has 1 aromatic carbocycles. The van der Waals surface area contributed by atoms with Crippen molar-refractivity contribution >= 4 is 5.69 Å². The topological polar surface area (TPSA) is 15.3 Å². The van der Waals surface area contributed by atoms with Gasteiger partial charge in [0.1, 0.15) is 5.82 Å². The third-order valence-corrected chi connectivity index (χ3v) is 4.21. The molecular formula is C18H29FN2. The summed E-state index contributed by atoms with van der Waals surface area (Å²) < 4.78 is 13.6. The summed E-state index contributed by atoms with van der Waals surface area (Å²) in [5.41, 5.74) is 2.30. The predicted octanol–water partition coefficient (Wildman–Crippen LogP) is 4.34. The summed E-state index contributed by atoms with van der Waals surface area (Å²) in [6.07, 6.45) is 3.75. The van der Waals surface area contributed by atoms with E-state index < -0.39 is 0 Å². The van der Waals surface area contributed by atoms with Gasteiger partial charge in [0, 0.05) is 30.9 Å². The normalized spacial score (nSPS) is 20.4. The van der Waals surface area contributed by atoms with E-state index in [-0.39, 0.29) is 11.4 Å². The molecule has 118 valence electrons. The molecule has 0 aromatic heterocycles. The Bertz CT molecular complexity index is 465. The van der Waals surface area contributed by atoms with Gasteiger partial charge in [-0.3, -0.25) is 0 Å². The summed E-state index contributed by atoms with van der Waals surface area (Å²) in [5.74, 6) is 0.652. The summed E-state index contributed by atoms with van der Waals surface area (Å²) >= 11 is 0. The van der Waals surface area contributed by atoms with Gasteiger partial charge in [-0.1, -0.05) is 6.92 Å². The van der Waals surface area contributed by atoms with Crippen LogP contribution in [0.1, 0.15) is 52.5 Å². The van der Waals surface area contributed by atoms with Crippen LogP contribution in [0.15, 0.2) is 18.2 Å². The molecule has 0 aliphatic carbocycles. The van der Waals surface area contributed by atoms with Crippen molar-refractivity contribution < 1.29 is 4.39 Å². The highest BCUT2D eigenvalue weighted by atomic mass is 19.1. The van der Waals surface area contributed by atoms with Gasteiger partial charge in [-0.25, -0.2) is 4.39 Å². The fraction of sp³-hybridized carbons (Fsp3) is 0.667. The van der Waals surface area contributed by atoms with E-state index in [0.717, 1.165) is 24.6 Å². The Morgan fingerprint density at radius 3 is 2.71 bits per heavy atom. The van der Waals surface area contributed by atoms with E-state index in [1.165, 1.54) is 24.9 Å². The largest absolute Gasteiger partial charge is 0.371 e. The first kappa shape index (κ1) is 16.3. The minimum absolute atomic E-state index is 0.0386. The van der Waals surface area contributed by atoms with Gasteiger partial charge in [-0.2, -0.15) is 0 Å². The molecule has 0 bridgehead atoms. The van der Waals surface area contributed by atoms with Crippen LogP contribution in [0.4, 0.5) is 10.1 Å². The van der Waals surface area contributed by atoms with Gasteiger partial charge in [0.05, 0.1) is 0 Å². The highest BCUT2D eigenvalue weighted by Crippen LogP contribution is 2.26. The molecule has 1 atom stereocenters. The van der Waals surface area contributed by atoms with Crippen LogP contribution in [0.2, 0.25) is 0 Å². The zero-order valence-corrected chi connectivity index (χ0v) is 13.9. The number of anilines is 1. The Hall–Kier alpha value is -1.09. The lowest BCUT2D eigenvalue weighted by Crippen LogP contribution is -2.36. The van der Waals surface area contributed by atoms with Crippen LogP contribution in [-0.4, -0.2) is 18.6 Å². The second kappa shape index (κ2) is 6.78. The van der Waals surface area contributed by atoms with Crippen molar-refractivity contribution in [3.05, 3.63) is 29.6 Å². The van der Waals surface area contributed by atoms with E-state index in [9.17, 15) is 4.39 Å². The second-order valence-corrected chi connectivity index (χ2v) is 7.40. The molecule has 21 heavy (non-hydrogen) atoms. The number of benzene rings is 1.